The molecule has 0 saturated carbocycles. The standard InChI is InChI=1S/C14H22N2O4S/c1-3-8-21(18,19)9-4-5-14(17)16-13-7-6-11(20-2)10-12(13)15/h6-7,10H,3-5,8-9,15H2,1-2H3,(H,16,17). The molecule has 0 aliphatic carbocycles. The summed E-state index contributed by atoms with van der Waals surface area (Å²) in [5, 5.41) is 2.67. The van der Waals surface area contributed by atoms with E-state index in [1.807, 2.05) is 6.92 Å². The Labute approximate surface area is 125 Å². The molecule has 0 aliphatic rings. The largest absolute Gasteiger partial charge is 0.497 e. The average molecular weight is 314 g/mol. The predicted octanol–water partition coefficient (Wildman–Crippen LogP) is 1.82. The first-order valence-electron chi connectivity index (χ1n) is 6.81. The van der Waals surface area contributed by atoms with E-state index < -0.39 is 9.84 Å². The highest BCUT2D eigenvalue weighted by molar-refractivity contribution is 7.91. The molecule has 0 saturated heterocycles. The van der Waals surface area contributed by atoms with Crippen molar-refractivity contribution in [2.45, 2.75) is 26.2 Å². The Bertz CT molecular complexity index is 585. The molecule has 1 rings (SSSR count). The van der Waals surface area contributed by atoms with Crippen molar-refractivity contribution in [3.8, 4) is 5.75 Å². The van der Waals surface area contributed by atoms with Gasteiger partial charge in [-0.05, 0) is 25.0 Å². The number of nitrogens with one attached hydrogen (secondary N) is 1. The van der Waals surface area contributed by atoms with Crippen molar-refractivity contribution in [2.24, 2.45) is 0 Å². The minimum Gasteiger partial charge on any atom is -0.497 e. The zero-order valence-corrected chi connectivity index (χ0v) is 13.2. The summed E-state index contributed by atoms with van der Waals surface area (Å²) < 4.78 is 28.1. The maximum Gasteiger partial charge on any atom is 0.224 e. The van der Waals surface area contributed by atoms with Gasteiger partial charge in [0.25, 0.3) is 0 Å². The second kappa shape index (κ2) is 7.87. The highest BCUT2D eigenvalue weighted by Crippen LogP contribution is 2.24. The van der Waals surface area contributed by atoms with Gasteiger partial charge in [-0.15, -0.1) is 0 Å². The fourth-order valence-corrected chi connectivity index (χ4v) is 3.27. The fourth-order valence-electron chi connectivity index (χ4n) is 1.86. The number of anilines is 2. The van der Waals surface area contributed by atoms with Crippen molar-refractivity contribution in [1.29, 1.82) is 0 Å². The Hall–Kier alpha value is -1.76. The van der Waals surface area contributed by atoms with E-state index in [4.69, 9.17) is 10.5 Å². The van der Waals surface area contributed by atoms with Gasteiger partial charge in [-0.1, -0.05) is 6.92 Å². The van der Waals surface area contributed by atoms with Gasteiger partial charge >= 0.3 is 0 Å². The number of methoxy groups -OCH3 is 1. The highest BCUT2D eigenvalue weighted by Gasteiger charge is 2.11. The SMILES string of the molecule is CCCS(=O)(=O)CCCC(=O)Nc1ccc(OC)cc1N. The first-order valence-corrected chi connectivity index (χ1v) is 8.64. The lowest BCUT2D eigenvalue weighted by Crippen LogP contribution is -2.16. The highest BCUT2D eigenvalue weighted by atomic mass is 32.2. The van der Waals surface area contributed by atoms with Gasteiger partial charge in [0.2, 0.25) is 5.91 Å². The molecule has 1 aromatic rings. The molecular formula is C14H22N2O4S. The molecule has 0 atom stereocenters. The van der Waals surface area contributed by atoms with Gasteiger partial charge in [0.15, 0.2) is 0 Å². The zero-order valence-electron chi connectivity index (χ0n) is 12.4. The van der Waals surface area contributed by atoms with Gasteiger partial charge in [-0.2, -0.15) is 0 Å². The number of sulfone groups is 1. The van der Waals surface area contributed by atoms with Gasteiger partial charge in [-0.25, -0.2) is 8.42 Å². The summed E-state index contributed by atoms with van der Waals surface area (Å²) in [6.45, 7) is 1.82. The van der Waals surface area contributed by atoms with Crippen LogP contribution in [0.1, 0.15) is 26.2 Å². The van der Waals surface area contributed by atoms with Gasteiger partial charge < -0.3 is 15.8 Å². The third-order valence-corrected chi connectivity index (χ3v) is 4.85. The molecule has 1 aromatic carbocycles. The van der Waals surface area contributed by atoms with Crippen molar-refractivity contribution in [1.82, 2.24) is 0 Å². The maximum absolute atomic E-state index is 11.8. The summed E-state index contributed by atoms with van der Waals surface area (Å²) >= 11 is 0. The van der Waals surface area contributed by atoms with Crippen molar-refractivity contribution in [3.05, 3.63) is 18.2 Å². The molecule has 21 heavy (non-hydrogen) atoms. The van der Waals surface area contributed by atoms with E-state index in [1.54, 1.807) is 18.2 Å². The summed E-state index contributed by atoms with van der Waals surface area (Å²) in [4.78, 5) is 11.8. The van der Waals surface area contributed by atoms with Crippen molar-refractivity contribution in [3.63, 3.8) is 0 Å². The first-order chi connectivity index (χ1) is 9.88. The van der Waals surface area contributed by atoms with E-state index in [1.165, 1.54) is 7.11 Å². The number of carbonyl (C=O) groups is 1. The van der Waals surface area contributed by atoms with E-state index in [9.17, 15) is 13.2 Å². The van der Waals surface area contributed by atoms with Crippen LogP contribution in [0.3, 0.4) is 0 Å². The third-order valence-electron chi connectivity index (χ3n) is 2.91. The number of nitrogens with two attached hydrogens (primary N) is 1. The summed E-state index contributed by atoms with van der Waals surface area (Å²) in [5.41, 5.74) is 6.69. The lowest BCUT2D eigenvalue weighted by atomic mass is 10.2. The Balaban J connectivity index is 2.48. The molecule has 0 aliphatic heterocycles. The van der Waals surface area contributed by atoms with Gasteiger partial charge in [0, 0.05) is 18.2 Å². The Morgan fingerprint density at radius 1 is 1.33 bits per heavy atom. The number of carbonyl (C=O) groups excluding carboxylic acids is 1. The second-order valence-electron chi connectivity index (χ2n) is 4.76. The molecule has 118 valence electrons. The summed E-state index contributed by atoms with van der Waals surface area (Å²) in [6.07, 6.45) is 1.05. The number of hydrogen-bond acceptors (Lipinski definition) is 5. The smallest absolute Gasteiger partial charge is 0.224 e. The first kappa shape index (κ1) is 17.3. The minimum absolute atomic E-state index is 0.0341. The molecule has 0 spiro atoms. The summed E-state index contributed by atoms with van der Waals surface area (Å²) in [7, 11) is -1.51. The molecule has 0 unspecified atom stereocenters. The van der Waals surface area contributed by atoms with Crippen LogP contribution in [0.15, 0.2) is 18.2 Å². The third kappa shape index (κ3) is 6.03. The molecule has 3 N–H and O–H groups in total. The second-order valence-corrected chi connectivity index (χ2v) is 7.06. The topological polar surface area (TPSA) is 98.5 Å². The minimum atomic E-state index is -3.04. The van der Waals surface area contributed by atoms with Gasteiger partial charge in [-0.3, -0.25) is 4.79 Å². The van der Waals surface area contributed by atoms with E-state index in [2.05, 4.69) is 5.32 Å². The fraction of sp³-hybridized carbons (Fsp3) is 0.500. The number of rotatable bonds is 8. The average Bonchev–Trinajstić information content (AvgIpc) is 2.40. The number of nitrogen functional groups attached to an aromatic ring is 1. The van der Waals surface area contributed by atoms with E-state index in [0.29, 0.717) is 30.0 Å². The van der Waals surface area contributed by atoms with Crippen LogP contribution in [0.4, 0.5) is 11.4 Å². The summed E-state index contributed by atoms with van der Waals surface area (Å²) in [6, 6.07) is 4.96. The maximum atomic E-state index is 11.8. The van der Waals surface area contributed by atoms with E-state index >= 15 is 0 Å². The predicted molar refractivity (Wildman–Crippen MR) is 84.2 cm³/mol. The molecule has 0 radical (unpaired) electrons. The van der Waals surface area contributed by atoms with Crippen LogP contribution < -0.4 is 15.8 Å². The normalized spacial score (nSPS) is 11.1. The van der Waals surface area contributed by atoms with Gasteiger partial charge in [0.1, 0.15) is 15.6 Å². The Kier molecular flexibility index (Phi) is 6.48. The molecule has 7 heteroatoms. The van der Waals surface area contributed by atoms with Crippen molar-refractivity contribution < 1.29 is 17.9 Å². The molecule has 0 heterocycles. The van der Waals surface area contributed by atoms with Crippen LogP contribution in [0.5, 0.6) is 5.75 Å². The van der Waals surface area contributed by atoms with Crippen LogP contribution in [0.2, 0.25) is 0 Å². The van der Waals surface area contributed by atoms with Crippen LogP contribution >= 0.6 is 0 Å². The van der Waals surface area contributed by atoms with Crippen LogP contribution in [-0.4, -0.2) is 32.9 Å². The van der Waals surface area contributed by atoms with Crippen molar-refractivity contribution in [2.75, 3.05) is 29.7 Å². The lowest BCUT2D eigenvalue weighted by molar-refractivity contribution is -0.116. The van der Waals surface area contributed by atoms with Crippen LogP contribution in [-0.2, 0) is 14.6 Å². The molecule has 1 amide bonds. The number of hydrogen-bond donors (Lipinski definition) is 2. The molecule has 0 fully saturated rings. The summed E-state index contributed by atoms with van der Waals surface area (Å²) in [5.74, 6) is 0.557. The van der Waals surface area contributed by atoms with E-state index in [-0.39, 0.29) is 23.8 Å². The van der Waals surface area contributed by atoms with Crippen LogP contribution in [0, 0.1) is 0 Å². The number of amides is 1. The van der Waals surface area contributed by atoms with Crippen LogP contribution in [0.25, 0.3) is 0 Å². The molecule has 6 nitrogen and oxygen atoms in total. The molecule has 0 bridgehead atoms. The zero-order chi connectivity index (χ0) is 15.9. The Morgan fingerprint density at radius 2 is 2.05 bits per heavy atom. The molecular weight excluding hydrogens is 292 g/mol. The number of ether oxygens (including phenoxy) is 1. The monoisotopic (exact) mass is 314 g/mol. The quantitative estimate of drug-likeness (QED) is 0.713. The van der Waals surface area contributed by atoms with E-state index in [0.717, 1.165) is 0 Å². The Morgan fingerprint density at radius 3 is 2.62 bits per heavy atom. The lowest BCUT2D eigenvalue weighted by Gasteiger charge is -2.09. The molecule has 0 aromatic heterocycles. The van der Waals surface area contributed by atoms with Gasteiger partial charge in [0.05, 0.1) is 24.2 Å². The number of benzene rings is 1. The van der Waals surface area contributed by atoms with Crippen molar-refractivity contribution >= 4 is 27.1 Å².